The van der Waals surface area contributed by atoms with Gasteiger partial charge < -0.3 is 10.2 Å². The molecule has 0 aromatic heterocycles. The van der Waals surface area contributed by atoms with Gasteiger partial charge in [-0.1, -0.05) is 25.1 Å². The Bertz CT molecular complexity index is 721. The number of likely N-dealkylation sites (tertiary alicyclic amines) is 1. The molecule has 0 aliphatic carbocycles. The second kappa shape index (κ2) is 10.1. The Morgan fingerprint density at radius 2 is 2.04 bits per heavy atom. The quantitative estimate of drug-likeness (QED) is 0.652. The van der Waals surface area contributed by atoms with Gasteiger partial charge in [-0.3, -0.25) is 9.10 Å². The van der Waals surface area contributed by atoms with Crippen LogP contribution in [0.3, 0.4) is 0 Å². The van der Waals surface area contributed by atoms with Crippen molar-refractivity contribution < 1.29 is 13.2 Å². The minimum Gasteiger partial charge on any atom is -0.355 e. The lowest BCUT2D eigenvalue weighted by atomic mass is 10.0. The topological polar surface area (TPSA) is 69.7 Å². The van der Waals surface area contributed by atoms with E-state index in [2.05, 4.69) is 17.1 Å². The van der Waals surface area contributed by atoms with Crippen LogP contribution in [0.2, 0.25) is 0 Å². The van der Waals surface area contributed by atoms with Gasteiger partial charge in [0.2, 0.25) is 15.9 Å². The summed E-state index contributed by atoms with van der Waals surface area (Å²) in [5, 5.41) is 2.86. The molecular formula is C20H33N3O3S. The molecule has 0 bridgehead atoms. The molecule has 7 heteroatoms. The number of carbonyl (C=O) groups excluding carboxylic acids is 1. The van der Waals surface area contributed by atoms with Crippen molar-refractivity contribution >= 4 is 21.6 Å². The molecule has 1 saturated heterocycles. The van der Waals surface area contributed by atoms with E-state index in [-0.39, 0.29) is 12.5 Å². The monoisotopic (exact) mass is 395 g/mol. The van der Waals surface area contributed by atoms with Crippen LogP contribution >= 0.6 is 0 Å². The molecule has 1 aromatic rings. The van der Waals surface area contributed by atoms with Crippen molar-refractivity contribution in [3.63, 3.8) is 0 Å². The summed E-state index contributed by atoms with van der Waals surface area (Å²) < 4.78 is 25.4. The fourth-order valence-electron chi connectivity index (χ4n) is 3.59. The molecule has 1 unspecified atom stereocenters. The van der Waals surface area contributed by atoms with Crippen molar-refractivity contribution in [1.29, 1.82) is 0 Å². The van der Waals surface area contributed by atoms with Gasteiger partial charge in [-0.25, -0.2) is 8.42 Å². The number of amides is 1. The van der Waals surface area contributed by atoms with Gasteiger partial charge in [-0.05, 0) is 63.2 Å². The van der Waals surface area contributed by atoms with Crippen LogP contribution in [0.5, 0.6) is 0 Å². The number of para-hydroxylation sites is 1. The van der Waals surface area contributed by atoms with E-state index < -0.39 is 10.0 Å². The zero-order valence-electron chi connectivity index (χ0n) is 16.8. The predicted octanol–water partition coefficient (Wildman–Crippen LogP) is 2.39. The summed E-state index contributed by atoms with van der Waals surface area (Å²) in [6, 6.07) is 7.19. The van der Waals surface area contributed by atoms with Gasteiger partial charge in [0.25, 0.3) is 0 Å². The molecular weight excluding hydrogens is 362 g/mol. The molecule has 27 heavy (non-hydrogen) atoms. The van der Waals surface area contributed by atoms with E-state index in [1.54, 1.807) is 12.1 Å². The smallest absolute Gasteiger partial charge is 0.240 e. The van der Waals surface area contributed by atoms with E-state index in [1.165, 1.54) is 30.2 Å². The first-order valence-electron chi connectivity index (χ1n) is 9.80. The predicted molar refractivity (Wildman–Crippen MR) is 110 cm³/mol. The Hall–Kier alpha value is -1.60. The molecule has 6 nitrogen and oxygen atoms in total. The van der Waals surface area contributed by atoms with E-state index in [9.17, 15) is 13.2 Å². The number of hydrogen-bond donors (Lipinski definition) is 1. The number of benzene rings is 1. The van der Waals surface area contributed by atoms with Gasteiger partial charge in [-0.15, -0.1) is 0 Å². The molecule has 1 N–H and O–H groups in total. The van der Waals surface area contributed by atoms with Crippen LogP contribution in [0.4, 0.5) is 5.69 Å². The molecule has 1 heterocycles. The van der Waals surface area contributed by atoms with E-state index >= 15 is 0 Å². The molecule has 2 rings (SSSR count). The molecule has 1 fully saturated rings. The Morgan fingerprint density at radius 1 is 1.30 bits per heavy atom. The first-order chi connectivity index (χ1) is 12.8. The zero-order chi connectivity index (χ0) is 19.9. The average Bonchev–Trinajstić information content (AvgIpc) is 2.59. The molecule has 1 aromatic carbocycles. The number of sulfonamides is 1. The van der Waals surface area contributed by atoms with Gasteiger partial charge in [0, 0.05) is 13.1 Å². The summed E-state index contributed by atoms with van der Waals surface area (Å²) in [4.78, 5) is 14.8. The van der Waals surface area contributed by atoms with Crippen molar-refractivity contribution in [2.45, 2.75) is 39.5 Å². The lowest BCUT2D eigenvalue weighted by Gasteiger charge is -2.30. The Morgan fingerprint density at radius 3 is 2.70 bits per heavy atom. The lowest BCUT2D eigenvalue weighted by molar-refractivity contribution is -0.119. The highest BCUT2D eigenvalue weighted by Gasteiger charge is 2.22. The number of piperidine rings is 1. The molecule has 1 atom stereocenters. The average molecular weight is 396 g/mol. The fourth-order valence-corrected chi connectivity index (χ4v) is 4.50. The fraction of sp³-hybridized carbons (Fsp3) is 0.650. The zero-order valence-corrected chi connectivity index (χ0v) is 17.6. The maximum absolute atomic E-state index is 12.3. The number of rotatable bonds is 9. The van der Waals surface area contributed by atoms with Crippen molar-refractivity contribution in [2.24, 2.45) is 5.92 Å². The van der Waals surface area contributed by atoms with Crippen LogP contribution < -0.4 is 9.62 Å². The minimum atomic E-state index is -3.52. The summed E-state index contributed by atoms with van der Waals surface area (Å²) in [6.07, 6.45) is 5.68. The molecule has 0 radical (unpaired) electrons. The van der Waals surface area contributed by atoms with Crippen molar-refractivity contribution in [3.05, 3.63) is 29.8 Å². The van der Waals surface area contributed by atoms with Crippen LogP contribution in [0.25, 0.3) is 0 Å². The van der Waals surface area contributed by atoms with Gasteiger partial charge in [0.05, 0.1) is 11.9 Å². The summed E-state index contributed by atoms with van der Waals surface area (Å²) >= 11 is 0. The highest BCUT2D eigenvalue weighted by Crippen LogP contribution is 2.21. The second-order valence-electron chi connectivity index (χ2n) is 7.66. The van der Waals surface area contributed by atoms with Crippen molar-refractivity contribution in [2.75, 3.05) is 43.3 Å². The van der Waals surface area contributed by atoms with Gasteiger partial charge >= 0.3 is 0 Å². The largest absolute Gasteiger partial charge is 0.355 e. The highest BCUT2D eigenvalue weighted by atomic mass is 32.2. The second-order valence-corrected chi connectivity index (χ2v) is 9.57. The number of nitrogens with zero attached hydrogens (tertiary/aromatic N) is 2. The number of aryl methyl sites for hydroxylation is 1. The maximum Gasteiger partial charge on any atom is 0.240 e. The van der Waals surface area contributed by atoms with Crippen LogP contribution in [0, 0.1) is 12.8 Å². The maximum atomic E-state index is 12.3. The molecule has 1 aliphatic heterocycles. The first-order valence-corrected chi connectivity index (χ1v) is 11.6. The first kappa shape index (κ1) is 21.7. The number of carbonyl (C=O) groups is 1. The van der Waals surface area contributed by atoms with E-state index in [0.717, 1.165) is 37.1 Å². The normalized spacial score (nSPS) is 18.3. The summed E-state index contributed by atoms with van der Waals surface area (Å²) in [7, 11) is -3.52. The van der Waals surface area contributed by atoms with E-state index in [4.69, 9.17) is 0 Å². The van der Waals surface area contributed by atoms with Crippen molar-refractivity contribution in [3.8, 4) is 0 Å². The molecule has 1 amide bonds. The van der Waals surface area contributed by atoms with E-state index in [1.807, 2.05) is 19.1 Å². The molecule has 152 valence electrons. The van der Waals surface area contributed by atoms with Crippen molar-refractivity contribution in [1.82, 2.24) is 10.2 Å². The number of anilines is 1. The summed E-state index contributed by atoms with van der Waals surface area (Å²) in [5.41, 5.74) is 1.38. The van der Waals surface area contributed by atoms with Gasteiger partial charge in [0.15, 0.2) is 0 Å². The van der Waals surface area contributed by atoms with Crippen LogP contribution in [-0.2, 0) is 14.8 Å². The Kier molecular flexibility index (Phi) is 8.10. The molecule has 0 spiro atoms. The Balaban J connectivity index is 1.77. The summed E-state index contributed by atoms with van der Waals surface area (Å²) in [6.45, 7) is 7.95. The van der Waals surface area contributed by atoms with Gasteiger partial charge in [-0.2, -0.15) is 0 Å². The molecule has 1 aliphatic rings. The minimum absolute atomic E-state index is 0.187. The lowest BCUT2D eigenvalue weighted by Crippen LogP contribution is -2.41. The van der Waals surface area contributed by atoms with E-state index in [0.29, 0.717) is 12.2 Å². The number of nitrogens with one attached hydrogen (secondary N) is 1. The highest BCUT2D eigenvalue weighted by molar-refractivity contribution is 7.92. The number of unbranched alkanes of at least 4 members (excludes halogenated alkanes) is 1. The van der Waals surface area contributed by atoms with Gasteiger partial charge in [0.1, 0.15) is 6.54 Å². The van der Waals surface area contributed by atoms with Crippen LogP contribution in [-0.4, -0.2) is 58.2 Å². The third-order valence-corrected chi connectivity index (χ3v) is 6.16. The number of hydrogen-bond acceptors (Lipinski definition) is 4. The Labute approximate surface area is 164 Å². The molecule has 0 saturated carbocycles. The third-order valence-electron chi connectivity index (χ3n) is 5.04. The standard InChI is InChI=1S/C20H33N3O3S/c1-17-9-8-14-22(15-17)13-7-6-12-21-20(24)16-23(27(3,25)26)19-11-5-4-10-18(19)2/h4-5,10-11,17H,6-9,12-16H2,1-3H3,(H,21,24). The third kappa shape index (κ3) is 7.14. The van der Waals surface area contributed by atoms with Crippen LogP contribution in [0.1, 0.15) is 38.2 Å². The van der Waals surface area contributed by atoms with Crippen LogP contribution in [0.15, 0.2) is 24.3 Å². The summed E-state index contributed by atoms with van der Waals surface area (Å²) in [5.74, 6) is 0.511. The SMILES string of the molecule is Cc1ccccc1N(CC(=O)NCCCCN1CCCC(C)C1)S(C)(=O)=O.